The van der Waals surface area contributed by atoms with E-state index in [1.165, 1.54) is 57.2 Å². The molecule has 0 radical (unpaired) electrons. The van der Waals surface area contributed by atoms with Gasteiger partial charge in [-0.3, -0.25) is 0 Å². The van der Waals surface area contributed by atoms with Crippen molar-refractivity contribution in [1.82, 2.24) is 24.8 Å². The second-order valence-corrected chi connectivity index (χ2v) is 18.5. The van der Waals surface area contributed by atoms with Crippen LogP contribution in [0.5, 0.6) is 0 Å². The van der Waals surface area contributed by atoms with E-state index in [-0.39, 0.29) is 0 Å². The highest BCUT2D eigenvalue weighted by Gasteiger charge is 2.21. The number of fused-ring (bicyclic) bond motifs is 12. The Balaban J connectivity index is 1.00. The van der Waals surface area contributed by atoms with Crippen molar-refractivity contribution in [2.75, 3.05) is 6.54 Å². The largest absolute Gasteiger partial charge is 0.456 e. The van der Waals surface area contributed by atoms with Crippen LogP contribution in [0.3, 0.4) is 0 Å². The lowest BCUT2D eigenvalue weighted by molar-refractivity contribution is 0.669. The van der Waals surface area contributed by atoms with Crippen LogP contribution in [0.1, 0.15) is 0 Å². The molecule has 1 aliphatic heterocycles. The summed E-state index contributed by atoms with van der Waals surface area (Å²) in [5, 5.41) is 13.0. The zero-order valence-electron chi connectivity index (χ0n) is 34.0. The first-order chi connectivity index (χ1) is 31.7. The predicted octanol–water partition coefficient (Wildman–Crippen LogP) is 13.2. The number of hydrogen-bond donors (Lipinski definition) is 1. The smallest absolute Gasteiger partial charge is 0.165 e. The van der Waals surface area contributed by atoms with Gasteiger partial charge in [-0.1, -0.05) is 103 Å². The highest BCUT2D eigenvalue weighted by atomic mass is 32.1. The Morgan fingerprint density at radius 1 is 0.469 bits per heavy atom. The zero-order valence-corrected chi connectivity index (χ0v) is 35.7. The molecule has 1 aliphatic rings. The number of thiophene rings is 2. The molecule has 0 amide bonds. The van der Waals surface area contributed by atoms with Gasteiger partial charge in [0.05, 0.1) is 15.6 Å². The van der Waals surface area contributed by atoms with Crippen LogP contribution in [0.2, 0.25) is 0 Å². The van der Waals surface area contributed by atoms with Gasteiger partial charge >= 0.3 is 0 Å². The molecule has 0 saturated heterocycles. The highest BCUT2D eigenvalue weighted by molar-refractivity contribution is 7.25. The third-order valence-electron chi connectivity index (χ3n) is 12.7. The van der Waals surface area contributed by atoms with Gasteiger partial charge in [-0.2, -0.15) is 0 Å². The van der Waals surface area contributed by atoms with E-state index >= 15 is 0 Å². The fourth-order valence-electron chi connectivity index (χ4n) is 9.69. The summed E-state index contributed by atoms with van der Waals surface area (Å²) >= 11 is 3.63. The highest BCUT2D eigenvalue weighted by Crippen LogP contribution is 2.41. The first-order valence-corrected chi connectivity index (χ1v) is 23.0. The normalized spacial score (nSPS) is 12.7. The molecule has 6 nitrogen and oxygen atoms in total. The number of nitrogens with one attached hydrogen (secondary N) is 1. The quantitative estimate of drug-likeness (QED) is 0.187. The van der Waals surface area contributed by atoms with Crippen LogP contribution in [0, 0.1) is 0 Å². The van der Waals surface area contributed by atoms with E-state index in [1.807, 2.05) is 53.8 Å². The molecule has 6 heterocycles. The SMILES string of the molecule is C1=c2sc3c(-c4nc(-c5ccccc5)nc(-c5ccc6oc7ccccc7c6c5)n4)cc(-n4c5ccccc5c5cc(-c6ccc7sc8ccccc8c7c6)ccc54)cc3c2=CCN1. The van der Waals surface area contributed by atoms with E-state index in [0.717, 1.165) is 66.6 Å². The van der Waals surface area contributed by atoms with Crippen molar-refractivity contribution >= 4 is 109 Å². The first kappa shape index (κ1) is 35.7. The Morgan fingerprint density at radius 2 is 1.14 bits per heavy atom. The Bertz CT molecular complexity index is 4220. The zero-order chi connectivity index (χ0) is 41.9. The Kier molecular flexibility index (Phi) is 7.69. The van der Waals surface area contributed by atoms with Gasteiger partial charge in [-0.15, -0.1) is 22.7 Å². The summed E-state index contributed by atoms with van der Waals surface area (Å²) in [6.07, 6.45) is 4.44. The number of para-hydroxylation sites is 2. The molecule has 0 saturated carbocycles. The molecule has 1 N–H and O–H groups in total. The summed E-state index contributed by atoms with van der Waals surface area (Å²) in [5.74, 6) is 1.85. The lowest BCUT2D eigenvalue weighted by Crippen LogP contribution is -2.28. The van der Waals surface area contributed by atoms with Crippen LogP contribution in [0.25, 0.3) is 137 Å². The van der Waals surface area contributed by atoms with E-state index in [2.05, 4.69) is 150 Å². The predicted molar refractivity (Wildman–Crippen MR) is 268 cm³/mol. The van der Waals surface area contributed by atoms with Gasteiger partial charge in [-0.05, 0) is 89.1 Å². The van der Waals surface area contributed by atoms with Crippen molar-refractivity contribution in [1.29, 1.82) is 0 Å². The monoisotopic (exact) mass is 855 g/mol. The number of nitrogens with zero attached hydrogens (tertiary/aromatic N) is 4. The molecule has 0 spiro atoms. The molecule has 13 aromatic rings. The topological polar surface area (TPSA) is 68.8 Å². The van der Waals surface area contributed by atoms with E-state index in [4.69, 9.17) is 19.4 Å². The molecule has 64 heavy (non-hydrogen) atoms. The van der Waals surface area contributed by atoms with E-state index in [0.29, 0.717) is 17.5 Å². The molecule has 0 atom stereocenters. The summed E-state index contributed by atoms with van der Waals surface area (Å²) in [6.45, 7) is 0.767. The molecular weight excluding hydrogens is 823 g/mol. The van der Waals surface area contributed by atoms with E-state index in [1.54, 1.807) is 11.3 Å². The minimum absolute atomic E-state index is 0.605. The summed E-state index contributed by atoms with van der Waals surface area (Å²) < 4.78 is 13.6. The van der Waals surface area contributed by atoms with Crippen LogP contribution in [-0.2, 0) is 0 Å². The van der Waals surface area contributed by atoms with E-state index in [9.17, 15) is 0 Å². The van der Waals surface area contributed by atoms with E-state index < -0.39 is 0 Å². The maximum atomic E-state index is 6.22. The van der Waals surface area contributed by atoms with Crippen molar-refractivity contribution in [2.45, 2.75) is 0 Å². The average molecular weight is 856 g/mol. The maximum absolute atomic E-state index is 6.22. The second kappa shape index (κ2) is 13.8. The standard InChI is InChI=1S/C56H33N5OS2/c1-2-10-32(11-3-1)54-58-55(35-19-22-49-42(28-35)38-13-5-8-16-48(38)62-49)60-56(59-54)45-30-36(29-44-40-24-25-57-31-52(40)64-53(44)45)61-46-15-7-4-12-37(46)41-26-33(18-21-47(41)61)34-20-23-51-43(27-34)39-14-6-9-17-50(39)63-51/h1-24,26-31,57H,25H2. The van der Waals surface area contributed by atoms with Gasteiger partial charge < -0.3 is 14.3 Å². The van der Waals surface area contributed by atoms with Crippen LogP contribution < -0.4 is 15.1 Å². The van der Waals surface area contributed by atoms with Crippen LogP contribution >= 0.6 is 22.7 Å². The summed E-state index contributed by atoms with van der Waals surface area (Å²) in [5.41, 5.74) is 10.2. The second-order valence-electron chi connectivity index (χ2n) is 16.4. The first-order valence-electron chi connectivity index (χ1n) is 21.4. The van der Waals surface area contributed by atoms with Crippen molar-refractivity contribution < 1.29 is 4.42 Å². The summed E-state index contributed by atoms with van der Waals surface area (Å²) in [4.78, 5) is 15.8. The molecule has 0 unspecified atom stereocenters. The van der Waals surface area contributed by atoms with Gasteiger partial charge in [0, 0.05) is 86.9 Å². The van der Waals surface area contributed by atoms with Crippen molar-refractivity contribution in [3.8, 4) is 51.0 Å². The minimum Gasteiger partial charge on any atom is -0.456 e. The third kappa shape index (κ3) is 5.46. The fourth-order valence-corrected chi connectivity index (χ4v) is 12.0. The number of aromatic nitrogens is 4. The summed E-state index contributed by atoms with van der Waals surface area (Å²) in [6, 6.07) is 60.6. The Hall–Kier alpha value is -7.91. The number of hydrogen-bond acceptors (Lipinski definition) is 7. The molecule has 300 valence electrons. The van der Waals surface area contributed by atoms with Gasteiger partial charge in [0.15, 0.2) is 17.5 Å². The molecular formula is C56H33N5OS2. The minimum atomic E-state index is 0.605. The van der Waals surface area contributed by atoms with Crippen molar-refractivity contribution in [3.05, 3.63) is 180 Å². The number of rotatable bonds is 5. The summed E-state index contributed by atoms with van der Waals surface area (Å²) in [7, 11) is 0. The van der Waals surface area contributed by atoms with Crippen LogP contribution in [0.15, 0.2) is 174 Å². The maximum Gasteiger partial charge on any atom is 0.165 e. The van der Waals surface area contributed by atoms with Gasteiger partial charge in [0.1, 0.15) is 11.2 Å². The average Bonchev–Trinajstić information content (AvgIpc) is 4.12. The lowest BCUT2D eigenvalue weighted by atomic mass is 10.0. The Morgan fingerprint density at radius 3 is 2.05 bits per heavy atom. The molecule has 0 fully saturated rings. The third-order valence-corrected chi connectivity index (χ3v) is 15.0. The lowest BCUT2D eigenvalue weighted by Gasteiger charge is -2.13. The molecule has 5 aromatic heterocycles. The van der Waals surface area contributed by atoms with Crippen LogP contribution in [-0.4, -0.2) is 26.1 Å². The van der Waals surface area contributed by atoms with Crippen molar-refractivity contribution in [2.24, 2.45) is 0 Å². The van der Waals surface area contributed by atoms with Crippen LogP contribution in [0.4, 0.5) is 0 Å². The van der Waals surface area contributed by atoms with Gasteiger partial charge in [0.25, 0.3) is 0 Å². The Labute approximate surface area is 373 Å². The van der Waals surface area contributed by atoms with Gasteiger partial charge in [-0.25, -0.2) is 15.0 Å². The molecule has 0 bridgehead atoms. The van der Waals surface area contributed by atoms with Crippen molar-refractivity contribution in [3.63, 3.8) is 0 Å². The molecule has 8 heteroatoms. The number of furan rings is 1. The molecule has 8 aromatic carbocycles. The van der Waals surface area contributed by atoms with Gasteiger partial charge in [0.2, 0.25) is 0 Å². The molecule has 14 rings (SSSR count). The molecule has 0 aliphatic carbocycles. The fraction of sp³-hybridized carbons (Fsp3) is 0.0179. The number of benzene rings is 8.